The summed E-state index contributed by atoms with van der Waals surface area (Å²) < 4.78 is 23.9. The van der Waals surface area contributed by atoms with Crippen LogP contribution in [0.2, 0.25) is 5.15 Å². The van der Waals surface area contributed by atoms with Crippen molar-refractivity contribution in [3.63, 3.8) is 0 Å². The van der Waals surface area contributed by atoms with E-state index in [1.165, 1.54) is 6.07 Å². The molecule has 1 unspecified atom stereocenters. The zero-order valence-corrected chi connectivity index (χ0v) is 10.8. The topological polar surface area (TPSA) is 34.6 Å². The van der Waals surface area contributed by atoms with Gasteiger partial charge in [0.25, 0.3) is 0 Å². The third-order valence-corrected chi connectivity index (χ3v) is 3.05. The number of rotatable bonds is 3. The maximum Gasteiger partial charge on any atom is 0.172 e. The van der Waals surface area contributed by atoms with Gasteiger partial charge in [-0.25, -0.2) is 9.37 Å². The van der Waals surface area contributed by atoms with Crippen molar-refractivity contribution >= 4 is 34.2 Å². The first-order valence-corrected chi connectivity index (χ1v) is 5.74. The first-order valence-electron chi connectivity index (χ1n) is 4.28. The number of hydrogen-bond acceptors (Lipinski definition) is 3. The van der Waals surface area contributed by atoms with E-state index < -0.39 is 5.82 Å². The number of ether oxygens (including phenoxy) is 2. The smallest absolute Gasteiger partial charge is 0.172 e. The largest absolute Gasteiger partial charge is 0.487 e. The predicted octanol–water partition coefficient (Wildman–Crippen LogP) is 2.65. The minimum Gasteiger partial charge on any atom is -0.487 e. The molecule has 0 amide bonds. The highest BCUT2D eigenvalue weighted by molar-refractivity contribution is 14.1. The van der Waals surface area contributed by atoms with E-state index in [1.807, 2.05) is 6.92 Å². The summed E-state index contributed by atoms with van der Waals surface area (Å²) in [4.78, 5) is 3.81. The Hall–Kier alpha value is -0.140. The van der Waals surface area contributed by atoms with E-state index in [0.29, 0.717) is 13.2 Å². The highest BCUT2D eigenvalue weighted by Crippen LogP contribution is 2.30. The van der Waals surface area contributed by atoms with Crippen LogP contribution >= 0.6 is 34.2 Å². The van der Waals surface area contributed by atoms with Gasteiger partial charge in [0.05, 0.1) is 6.61 Å². The lowest BCUT2D eigenvalue weighted by Gasteiger charge is -2.10. The van der Waals surface area contributed by atoms with Crippen LogP contribution in [0.1, 0.15) is 6.92 Å². The van der Waals surface area contributed by atoms with Crippen molar-refractivity contribution in [2.24, 2.45) is 0 Å². The molecule has 82 valence electrons. The molecule has 0 saturated carbocycles. The van der Waals surface area contributed by atoms with Gasteiger partial charge in [-0.05, 0) is 29.5 Å². The SMILES string of the molecule is CC1(COc2cc(F)c(I)nc2Cl)CO1. The quantitative estimate of drug-likeness (QED) is 0.481. The maximum absolute atomic E-state index is 13.2. The number of aromatic nitrogens is 1. The van der Waals surface area contributed by atoms with Crippen LogP contribution in [-0.4, -0.2) is 23.8 Å². The monoisotopic (exact) mass is 343 g/mol. The van der Waals surface area contributed by atoms with Crippen molar-refractivity contribution in [3.05, 3.63) is 20.7 Å². The highest BCUT2D eigenvalue weighted by Gasteiger charge is 2.40. The Morgan fingerprint density at radius 1 is 1.80 bits per heavy atom. The maximum atomic E-state index is 13.2. The summed E-state index contributed by atoms with van der Waals surface area (Å²) >= 11 is 7.58. The van der Waals surface area contributed by atoms with Crippen LogP contribution in [0.4, 0.5) is 4.39 Å². The molecule has 1 aromatic heterocycles. The van der Waals surface area contributed by atoms with Crippen LogP contribution in [-0.2, 0) is 4.74 Å². The van der Waals surface area contributed by atoms with E-state index >= 15 is 0 Å². The fourth-order valence-corrected chi connectivity index (χ4v) is 1.70. The highest BCUT2D eigenvalue weighted by atomic mass is 127. The summed E-state index contributed by atoms with van der Waals surface area (Å²) in [7, 11) is 0. The lowest BCUT2D eigenvalue weighted by Crippen LogP contribution is -2.17. The van der Waals surface area contributed by atoms with Crippen LogP contribution in [0.5, 0.6) is 5.75 Å². The first kappa shape index (κ1) is 11.3. The molecule has 1 saturated heterocycles. The zero-order chi connectivity index (χ0) is 11.1. The van der Waals surface area contributed by atoms with E-state index in [1.54, 1.807) is 22.6 Å². The molecule has 2 rings (SSSR count). The third kappa shape index (κ3) is 2.70. The molecule has 1 aliphatic rings. The second kappa shape index (κ2) is 4.03. The molecule has 1 fully saturated rings. The molecule has 6 heteroatoms. The summed E-state index contributed by atoms with van der Waals surface area (Å²) in [6, 6.07) is 1.24. The van der Waals surface area contributed by atoms with E-state index in [4.69, 9.17) is 21.1 Å². The number of epoxide rings is 1. The van der Waals surface area contributed by atoms with Crippen molar-refractivity contribution in [2.75, 3.05) is 13.2 Å². The van der Waals surface area contributed by atoms with Gasteiger partial charge in [0.2, 0.25) is 0 Å². The average molecular weight is 344 g/mol. The van der Waals surface area contributed by atoms with Crippen LogP contribution in [0.3, 0.4) is 0 Å². The molecule has 2 heterocycles. The van der Waals surface area contributed by atoms with Crippen molar-refractivity contribution < 1.29 is 13.9 Å². The molecule has 1 aliphatic heterocycles. The number of halogens is 3. The molecule has 0 N–H and O–H groups in total. The Morgan fingerprint density at radius 3 is 3.07 bits per heavy atom. The number of pyridine rings is 1. The van der Waals surface area contributed by atoms with Crippen molar-refractivity contribution in [1.82, 2.24) is 4.98 Å². The van der Waals surface area contributed by atoms with Crippen LogP contribution in [0.25, 0.3) is 0 Å². The van der Waals surface area contributed by atoms with Gasteiger partial charge in [-0.3, -0.25) is 0 Å². The summed E-state index contributed by atoms with van der Waals surface area (Å²) in [5.41, 5.74) is -0.247. The Labute approximate surface area is 105 Å². The van der Waals surface area contributed by atoms with Crippen LogP contribution in [0, 0.1) is 9.52 Å². The molecule has 0 aromatic carbocycles. The fraction of sp³-hybridized carbons (Fsp3) is 0.444. The molecule has 1 atom stereocenters. The lowest BCUT2D eigenvalue weighted by atomic mass is 10.2. The Bertz CT molecular complexity index is 398. The summed E-state index contributed by atoms with van der Waals surface area (Å²) in [6.45, 7) is 2.93. The van der Waals surface area contributed by atoms with Crippen LogP contribution < -0.4 is 4.74 Å². The normalized spacial score (nSPS) is 24.0. The minimum atomic E-state index is -0.433. The fourth-order valence-electron chi connectivity index (χ4n) is 0.967. The zero-order valence-electron chi connectivity index (χ0n) is 7.89. The molecule has 3 nitrogen and oxygen atoms in total. The predicted molar refractivity (Wildman–Crippen MR) is 61.8 cm³/mol. The molecule has 0 radical (unpaired) electrons. The molecule has 0 bridgehead atoms. The van der Waals surface area contributed by atoms with Gasteiger partial charge in [-0.15, -0.1) is 0 Å². The first-order chi connectivity index (χ1) is 7.00. The van der Waals surface area contributed by atoms with Crippen LogP contribution in [0.15, 0.2) is 6.07 Å². The number of hydrogen-bond donors (Lipinski definition) is 0. The lowest BCUT2D eigenvalue weighted by molar-refractivity contribution is 0.201. The van der Waals surface area contributed by atoms with Crippen molar-refractivity contribution in [3.8, 4) is 5.75 Å². The van der Waals surface area contributed by atoms with Gasteiger partial charge in [0.15, 0.2) is 16.7 Å². The second-order valence-electron chi connectivity index (χ2n) is 3.58. The Balaban J connectivity index is 2.10. The number of nitrogens with zero attached hydrogens (tertiary/aromatic N) is 1. The third-order valence-electron chi connectivity index (χ3n) is 2.02. The summed E-state index contributed by atoms with van der Waals surface area (Å²) in [5.74, 6) is -0.178. The molecular weight excluding hydrogens is 335 g/mol. The van der Waals surface area contributed by atoms with Gasteiger partial charge >= 0.3 is 0 Å². The standard InChI is InChI=1S/C9H8ClFINO2/c1-9(4-15-9)3-14-6-2-5(11)8(12)13-7(6)10/h2H,3-4H2,1H3. The van der Waals surface area contributed by atoms with Gasteiger partial charge in [-0.1, -0.05) is 11.6 Å². The van der Waals surface area contributed by atoms with Gasteiger partial charge in [0.1, 0.15) is 15.9 Å². The Kier molecular flexibility index (Phi) is 3.05. The van der Waals surface area contributed by atoms with E-state index in [9.17, 15) is 4.39 Å². The molecule has 0 aliphatic carbocycles. The van der Waals surface area contributed by atoms with Gasteiger partial charge in [-0.2, -0.15) is 0 Å². The summed E-state index contributed by atoms with van der Waals surface area (Å²) in [6.07, 6.45) is 0. The van der Waals surface area contributed by atoms with Crippen molar-refractivity contribution in [2.45, 2.75) is 12.5 Å². The molecule has 0 spiro atoms. The second-order valence-corrected chi connectivity index (χ2v) is 4.96. The van der Waals surface area contributed by atoms with E-state index in [0.717, 1.165) is 0 Å². The molecule has 1 aromatic rings. The molecule has 15 heavy (non-hydrogen) atoms. The van der Waals surface area contributed by atoms with Gasteiger partial charge < -0.3 is 9.47 Å². The van der Waals surface area contributed by atoms with Gasteiger partial charge in [0, 0.05) is 6.07 Å². The minimum absolute atomic E-state index is 0.171. The van der Waals surface area contributed by atoms with E-state index in [-0.39, 0.29) is 20.2 Å². The average Bonchev–Trinajstić information content (AvgIpc) is 2.89. The Morgan fingerprint density at radius 2 is 2.47 bits per heavy atom. The van der Waals surface area contributed by atoms with Crippen molar-refractivity contribution in [1.29, 1.82) is 0 Å². The summed E-state index contributed by atoms with van der Waals surface area (Å²) in [5, 5.41) is 0.171. The molecular formula is C9H8ClFINO2. The van der Waals surface area contributed by atoms with E-state index in [2.05, 4.69) is 4.98 Å².